The number of aromatic nitrogens is 1. The third kappa shape index (κ3) is 5.13. The molecule has 1 aromatic heterocycles. The molecular formula is C23H24ClNO8S. The maximum Gasteiger partial charge on any atom is 0.340 e. The molecule has 34 heavy (non-hydrogen) atoms. The molecule has 182 valence electrons. The van der Waals surface area contributed by atoms with Crippen LogP contribution < -0.4 is 18.4 Å². The van der Waals surface area contributed by atoms with Crippen LogP contribution >= 0.6 is 11.6 Å². The highest BCUT2D eigenvalue weighted by molar-refractivity contribution is 7.86. The number of benzene rings is 2. The summed E-state index contributed by atoms with van der Waals surface area (Å²) in [5.74, 6) is 0.297. The number of halogens is 1. The Balaban J connectivity index is 2.47. The predicted octanol–water partition coefficient (Wildman–Crippen LogP) is 4.18. The Morgan fingerprint density at radius 2 is 1.62 bits per heavy atom. The smallest absolute Gasteiger partial charge is 0.340 e. The summed E-state index contributed by atoms with van der Waals surface area (Å²) in [5.41, 5.74) is 1.79. The van der Waals surface area contributed by atoms with E-state index in [1.165, 1.54) is 33.5 Å². The molecule has 11 heteroatoms. The van der Waals surface area contributed by atoms with E-state index in [4.69, 9.17) is 34.7 Å². The lowest BCUT2D eigenvalue weighted by Crippen LogP contribution is -2.12. The van der Waals surface area contributed by atoms with Crippen molar-refractivity contribution in [2.45, 2.75) is 12.8 Å². The van der Waals surface area contributed by atoms with Crippen molar-refractivity contribution >= 4 is 38.6 Å². The minimum absolute atomic E-state index is 0.0461. The van der Waals surface area contributed by atoms with Gasteiger partial charge in [0.25, 0.3) is 0 Å². The molecular weight excluding hydrogens is 486 g/mol. The Morgan fingerprint density at radius 1 is 0.971 bits per heavy atom. The molecule has 0 saturated carbocycles. The van der Waals surface area contributed by atoms with Gasteiger partial charge in [-0.1, -0.05) is 6.07 Å². The van der Waals surface area contributed by atoms with Crippen LogP contribution in [0.25, 0.3) is 22.0 Å². The highest BCUT2D eigenvalue weighted by atomic mass is 35.5. The molecule has 0 aliphatic heterocycles. The Bertz CT molecular complexity index is 1340. The quantitative estimate of drug-likeness (QED) is 0.238. The largest absolute Gasteiger partial charge is 0.493 e. The van der Waals surface area contributed by atoms with E-state index in [2.05, 4.69) is 4.98 Å². The number of esters is 1. The fraction of sp³-hybridized carbons (Fsp3) is 0.304. The second kappa shape index (κ2) is 10.4. The normalized spacial score (nSPS) is 11.2. The molecule has 0 fully saturated rings. The molecule has 3 aromatic rings. The van der Waals surface area contributed by atoms with Crippen LogP contribution in [0.3, 0.4) is 0 Å². The van der Waals surface area contributed by atoms with Crippen LogP contribution in [0.4, 0.5) is 0 Å². The number of methoxy groups -OCH3 is 3. The number of carbonyl (C=O) groups is 1. The fourth-order valence-electron chi connectivity index (χ4n) is 3.52. The standard InChI is InChI=1S/C23H24ClNO8S/c1-6-32-23(26)22-16(12-24)25-15-11-19(31-4)18(30-3)10-14(15)21(22)13-7-8-17(29-2)20(9-13)33-34(5,27)28/h7-11H,6,12H2,1-5H3. The molecule has 0 amide bonds. The average molecular weight is 510 g/mol. The minimum Gasteiger partial charge on any atom is -0.493 e. The predicted molar refractivity (Wildman–Crippen MR) is 128 cm³/mol. The van der Waals surface area contributed by atoms with Gasteiger partial charge in [0.15, 0.2) is 23.0 Å². The zero-order valence-electron chi connectivity index (χ0n) is 19.3. The summed E-state index contributed by atoms with van der Waals surface area (Å²) in [7, 11) is 0.513. The van der Waals surface area contributed by atoms with Crippen LogP contribution in [0.1, 0.15) is 23.0 Å². The molecule has 0 aliphatic carbocycles. The maximum absolute atomic E-state index is 13.0. The summed E-state index contributed by atoms with van der Waals surface area (Å²) >= 11 is 6.18. The monoisotopic (exact) mass is 509 g/mol. The van der Waals surface area contributed by atoms with E-state index in [9.17, 15) is 13.2 Å². The molecule has 0 radical (unpaired) electrons. The number of alkyl halides is 1. The summed E-state index contributed by atoms with van der Waals surface area (Å²) in [5, 5.41) is 0.532. The number of nitrogens with zero attached hydrogens (tertiary/aromatic N) is 1. The van der Waals surface area contributed by atoms with Gasteiger partial charge < -0.3 is 23.1 Å². The van der Waals surface area contributed by atoms with Gasteiger partial charge in [0.1, 0.15) is 0 Å². The molecule has 3 rings (SSSR count). The van der Waals surface area contributed by atoms with Gasteiger partial charge in [0.2, 0.25) is 0 Å². The summed E-state index contributed by atoms with van der Waals surface area (Å²) in [6.07, 6.45) is 0.924. The minimum atomic E-state index is -3.86. The van der Waals surface area contributed by atoms with E-state index in [0.717, 1.165) is 6.26 Å². The summed E-state index contributed by atoms with van der Waals surface area (Å²) in [4.78, 5) is 17.6. The average Bonchev–Trinajstić information content (AvgIpc) is 2.80. The Hall–Kier alpha value is -3.24. The van der Waals surface area contributed by atoms with Crippen molar-refractivity contribution in [3.8, 4) is 34.1 Å². The molecule has 0 saturated heterocycles. The summed E-state index contributed by atoms with van der Waals surface area (Å²) in [6.45, 7) is 1.82. The molecule has 2 aromatic carbocycles. The first-order valence-electron chi connectivity index (χ1n) is 10.1. The number of rotatable bonds is 9. The lowest BCUT2D eigenvalue weighted by atomic mass is 9.93. The Labute approximate surface area is 202 Å². The highest BCUT2D eigenvalue weighted by Crippen LogP contribution is 2.42. The van der Waals surface area contributed by atoms with E-state index >= 15 is 0 Å². The van der Waals surface area contributed by atoms with Gasteiger partial charge in [-0.2, -0.15) is 8.42 Å². The number of hydrogen-bond acceptors (Lipinski definition) is 9. The van der Waals surface area contributed by atoms with Crippen LogP contribution in [0.15, 0.2) is 30.3 Å². The molecule has 0 aliphatic rings. The first-order valence-corrected chi connectivity index (χ1v) is 12.4. The van der Waals surface area contributed by atoms with Crippen LogP contribution in [0, 0.1) is 0 Å². The molecule has 1 heterocycles. The van der Waals surface area contributed by atoms with Gasteiger partial charge in [-0.25, -0.2) is 4.79 Å². The maximum atomic E-state index is 13.0. The van der Waals surface area contributed by atoms with Crippen molar-refractivity contribution in [2.75, 3.05) is 34.2 Å². The lowest BCUT2D eigenvalue weighted by molar-refractivity contribution is 0.0526. The van der Waals surface area contributed by atoms with Crippen LogP contribution in [0.2, 0.25) is 0 Å². The van der Waals surface area contributed by atoms with E-state index < -0.39 is 16.1 Å². The zero-order valence-corrected chi connectivity index (χ0v) is 20.9. The lowest BCUT2D eigenvalue weighted by Gasteiger charge is -2.18. The topological polar surface area (TPSA) is 110 Å². The van der Waals surface area contributed by atoms with Crippen molar-refractivity contribution in [3.05, 3.63) is 41.6 Å². The SMILES string of the molecule is CCOC(=O)c1c(CCl)nc2cc(OC)c(OC)cc2c1-c1ccc(OC)c(OS(C)(=O)=O)c1. The highest BCUT2D eigenvalue weighted by Gasteiger charge is 2.25. The Kier molecular flexibility index (Phi) is 7.73. The van der Waals surface area contributed by atoms with Crippen molar-refractivity contribution in [3.63, 3.8) is 0 Å². The van der Waals surface area contributed by atoms with Gasteiger partial charge in [0, 0.05) is 17.0 Å². The van der Waals surface area contributed by atoms with Crippen molar-refractivity contribution in [2.24, 2.45) is 0 Å². The van der Waals surface area contributed by atoms with Crippen molar-refractivity contribution in [1.82, 2.24) is 4.98 Å². The van der Waals surface area contributed by atoms with Gasteiger partial charge in [-0.15, -0.1) is 11.6 Å². The van der Waals surface area contributed by atoms with Gasteiger partial charge in [0.05, 0.1) is 56.8 Å². The zero-order chi connectivity index (χ0) is 25.0. The van der Waals surface area contributed by atoms with E-state index in [1.54, 1.807) is 25.1 Å². The molecule has 0 bridgehead atoms. The van der Waals surface area contributed by atoms with Crippen LogP contribution in [-0.4, -0.2) is 53.6 Å². The number of hydrogen-bond donors (Lipinski definition) is 0. The summed E-state index contributed by atoms with van der Waals surface area (Å²) < 4.78 is 50.2. The summed E-state index contributed by atoms with van der Waals surface area (Å²) in [6, 6.07) is 8.02. The second-order valence-electron chi connectivity index (χ2n) is 7.04. The first-order chi connectivity index (χ1) is 16.2. The molecule has 0 N–H and O–H groups in total. The van der Waals surface area contributed by atoms with E-state index in [0.29, 0.717) is 33.5 Å². The third-order valence-electron chi connectivity index (χ3n) is 4.86. The van der Waals surface area contributed by atoms with E-state index in [1.807, 2.05) is 0 Å². The number of fused-ring (bicyclic) bond motifs is 1. The third-order valence-corrected chi connectivity index (χ3v) is 5.60. The Morgan fingerprint density at radius 3 is 2.18 bits per heavy atom. The van der Waals surface area contributed by atoms with Gasteiger partial charge in [-0.3, -0.25) is 4.98 Å². The van der Waals surface area contributed by atoms with Gasteiger partial charge >= 0.3 is 16.1 Å². The number of carbonyl (C=O) groups excluding carboxylic acids is 1. The fourth-order valence-corrected chi connectivity index (χ4v) is 4.17. The van der Waals surface area contributed by atoms with Crippen LogP contribution in [0.5, 0.6) is 23.0 Å². The van der Waals surface area contributed by atoms with Gasteiger partial charge in [-0.05, 0) is 30.7 Å². The number of pyridine rings is 1. The molecule has 0 unspecified atom stereocenters. The second-order valence-corrected chi connectivity index (χ2v) is 8.88. The van der Waals surface area contributed by atoms with Crippen molar-refractivity contribution < 1.29 is 36.3 Å². The molecule has 0 atom stereocenters. The van der Waals surface area contributed by atoms with Crippen molar-refractivity contribution in [1.29, 1.82) is 0 Å². The molecule has 0 spiro atoms. The molecule has 9 nitrogen and oxygen atoms in total. The van der Waals surface area contributed by atoms with E-state index in [-0.39, 0.29) is 35.2 Å². The van der Waals surface area contributed by atoms with Crippen LogP contribution in [-0.2, 0) is 20.7 Å². The first kappa shape index (κ1) is 25.4. The number of ether oxygens (including phenoxy) is 4.